The van der Waals surface area contributed by atoms with Gasteiger partial charge in [-0.25, -0.2) is 24.3 Å². The van der Waals surface area contributed by atoms with Crippen molar-refractivity contribution in [1.82, 2.24) is 29.4 Å². The van der Waals surface area contributed by atoms with Crippen LogP contribution in [0.1, 0.15) is 16.2 Å². The van der Waals surface area contributed by atoms with Crippen molar-refractivity contribution in [2.45, 2.75) is 6.18 Å². The average molecular weight is 512 g/mol. The molecule has 1 saturated carbocycles. The zero-order valence-electron chi connectivity index (χ0n) is 19.5. The molecule has 8 nitrogen and oxygen atoms in total. The van der Waals surface area contributed by atoms with Gasteiger partial charge >= 0.3 is 6.18 Å². The van der Waals surface area contributed by atoms with Crippen LogP contribution in [0.3, 0.4) is 0 Å². The summed E-state index contributed by atoms with van der Waals surface area (Å²) in [7, 11) is 1.76. The van der Waals surface area contributed by atoms with E-state index in [1.54, 1.807) is 28.6 Å². The number of halogens is 4. The third kappa shape index (κ3) is 4.25. The van der Waals surface area contributed by atoms with Crippen LogP contribution in [-0.4, -0.2) is 55.0 Å². The molecule has 3 atom stereocenters. The SMILES string of the molecule is Cn1c(-c2ccc(F)cc2)nc2ncc(C(=O)N3C[C@@H]4[C@H](COc5cccc(C(F)(F)F)n5)[C@@H]4C3)nc21. The van der Waals surface area contributed by atoms with Gasteiger partial charge in [-0.05, 0) is 42.2 Å². The molecule has 1 aromatic carbocycles. The van der Waals surface area contributed by atoms with Crippen molar-refractivity contribution in [3.63, 3.8) is 0 Å². The molecule has 190 valence electrons. The summed E-state index contributed by atoms with van der Waals surface area (Å²) in [6.07, 6.45) is -3.13. The van der Waals surface area contributed by atoms with E-state index in [0.717, 1.165) is 6.07 Å². The summed E-state index contributed by atoms with van der Waals surface area (Å²) >= 11 is 0. The highest BCUT2D eigenvalue weighted by Crippen LogP contribution is 2.52. The summed E-state index contributed by atoms with van der Waals surface area (Å²) in [5.74, 6) is 0.486. The van der Waals surface area contributed by atoms with E-state index in [0.29, 0.717) is 35.8 Å². The molecule has 6 rings (SSSR count). The zero-order chi connectivity index (χ0) is 25.9. The minimum absolute atomic E-state index is 0.0625. The fourth-order valence-corrected chi connectivity index (χ4v) is 4.97. The van der Waals surface area contributed by atoms with Crippen LogP contribution in [0.2, 0.25) is 0 Å². The lowest BCUT2D eigenvalue weighted by molar-refractivity contribution is -0.141. The molecule has 2 aliphatic rings. The number of benzene rings is 1. The number of rotatable bonds is 5. The van der Waals surface area contributed by atoms with Crippen molar-refractivity contribution < 1.29 is 27.1 Å². The number of aryl methyl sites for hydroxylation is 1. The van der Waals surface area contributed by atoms with Crippen molar-refractivity contribution >= 4 is 17.2 Å². The second-order valence-electron chi connectivity index (χ2n) is 9.28. The van der Waals surface area contributed by atoms with Crippen LogP contribution in [0.25, 0.3) is 22.7 Å². The molecule has 3 aromatic heterocycles. The Morgan fingerprint density at radius 3 is 2.49 bits per heavy atom. The van der Waals surface area contributed by atoms with Crippen molar-refractivity contribution in [3.8, 4) is 17.3 Å². The zero-order valence-corrected chi connectivity index (χ0v) is 19.5. The summed E-state index contributed by atoms with van der Waals surface area (Å²) in [5, 5.41) is 0. The van der Waals surface area contributed by atoms with E-state index in [2.05, 4.69) is 19.9 Å². The molecule has 1 saturated heterocycles. The Morgan fingerprint density at radius 1 is 1.05 bits per heavy atom. The highest BCUT2D eigenvalue weighted by atomic mass is 19.4. The first kappa shape index (κ1) is 23.3. The lowest BCUT2D eigenvalue weighted by atomic mass is 10.2. The lowest BCUT2D eigenvalue weighted by Gasteiger charge is -2.19. The average Bonchev–Trinajstić information content (AvgIpc) is 3.18. The van der Waals surface area contributed by atoms with E-state index in [1.807, 2.05) is 0 Å². The van der Waals surface area contributed by atoms with Crippen molar-refractivity contribution in [2.24, 2.45) is 24.8 Å². The molecule has 1 aliphatic heterocycles. The number of hydrogen-bond donors (Lipinski definition) is 0. The number of piperidine rings is 1. The Labute approximate surface area is 207 Å². The van der Waals surface area contributed by atoms with Crippen molar-refractivity contribution in [3.05, 3.63) is 65.9 Å². The number of hydrogen-bond acceptors (Lipinski definition) is 6. The van der Waals surface area contributed by atoms with Gasteiger partial charge in [0.2, 0.25) is 5.88 Å². The van der Waals surface area contributed by atoms with E-state index in [1.165, 1.54) is 30.5 Å². The Hall–Kier alpha value is -4.09. The molecule has 0 spiro atoms. The van der Waals surface area contributed by atoms with Gasteiger partial charge in [-0.2, -0.15) is 13.2 Å². The first-order valence-electron chi connectivity index (χ1n) is 11.6. The number of likely N-dealkylation sites (tertiary alicyclic amines) is 1. The van der Waals surface area contributed by atoms with Gasteiger partial charge in [-0.1, -0.05) is 6.07 Å². The monoisotopic (exact) mass is 512 g/mol. The number of amides is 1. The molecule has 1 aliphatic carbocycles. The van der Waals surface area contributed by atoms with E-state index in [4.69, 9.17) is 4.74 Å². The first-order chi connectivity index (χ1) is 17.7. The topological polar surface area (TPSA) is 86.0 Å². The number of alkyl halides is 3. The molecule has 2 fully saturated rings. The molecule has 37 heavy (non-hydrogen) atoms. The number of imidazole rings is 1. The molecule has 0 bridgehead atoms. The van der Waals surface area contributed by atoms with Gasteiger partial charge < -0.3 is 14.2 Å². The predicted molar refractivity (Wildman–Crippen MR) is 123 cm³/mol. The van der Waals surface area contributed by atoms with Crippen LogP contribution in [0.4, 0.5) is 17.6 Å². The fourth-order valence-electron chi connectivity index (χ4n) is 4.97. The molecule has 12 heteroatoms. The Bertz CT molecular complexity index is 1490. The summed E-state index contributed by atoms with van der Waals surface area (Å²) in [4.78, 5) is 31.6. The second-order valence-corrected chi connectivity index (χ2v) is 9.28. The maximum Gasteiger partial charge on any atom is 0.433 e. The quantitative estimate of drug-likeness (QED) is 0.376. The number of nitrogens with zero attached hydrogens (tertiary/aromatic N) is 6. The van der Waals surface area contributed by atoms with Gasteiger partial charge in [0, 0.05) is 37.7 Å². The molecule has 4 aromatic rings. The molecule has 4 heterocycles. The van der Waals surface area contributed by atoms with E-state index in [-0.39, 0.29) is 47.7 Å². The minimum atomic E-state index is -4.53. The molecule has 1 amide bonds. The normalized spacial score (nSPS) is 20.8. The molecular formula is C25H20F4N6O2. The first-order valence-corrected chi connectivity index (χ1v) is 11.6. The number of fused-ring (bicyclic) bond motifs is 2. The summed E-state index contributed by atoms with van der Waals surface area (Å²) in [5.41, 5.74) is 0.722. The molecule has 0 unspecified atom stereocenters. The summed E-state index contributed by atoms with van der Waals surface area (Å²) in [6.45, 7) is 1.28. The number of aromatic nitrogens is 5. The summed E-state index contributed by atoms with van der Waals surface area (Å²) in [6, 6.07) is 9.48. The van der Waals surface area contributed by atoms with Crippen LogP contribution in [-0.2, 0) is 13.2 Å². The third-order valence-corrected chi connectivity index (χ3v) is 7.00. The third-order valence-electron chi connectivity index (χ3n) is 7.00. The van der Waals surface area contributed by atoms with E-state index in [9.17, 15) is 22.4 Å². The summed E-state index contributed by atoms with van der Waals surface area (Å²) < 4.78 is 59.0. The van der Waals surface area contributed by atoms with Gasteiger partial charge in [0.1, 0.15) is 23.0 Å². The van der Waals surface area contributed by atoms with Crippen molar-refractivity contribution in [1.29, 1.82) is 0 Å². The maximum atomic E-state index is 13.3. The van der Waals surface area contributed by atoms with Gasteiger partial charge in [0.05, 0.1) is 12.8 Å². The molecular weight excluding hydrogens is 492 g/mol. The second kappa shape index (κ2) is 8.49. The minimum Gasteiger partial charge on any atom is -0.477 e. The lowest BCUT2D eigenvalue weighted by Crippen LogP contribution is -2.33. The van der Waals surface area contributed by atoms with Gasteiger partial charge in [-0.15, -0.1) is 0 Å². The fraction of sp³-hybridized carbons (Fsp3) is 0.320. The van der Waals surface area contributed by atoms with Crippen LogP contribution in [0.15, 0.2) is 48.7 Å². The van der Waals surface area contributed by atoms with Crippen LogP contribution in [0.5, 0.6) is 5.88 Å². The standard InChI is InChI=1S/C25H20F4N6O2/c1-34-22(13-5-7-14(26)8-6-13)33-21-23(34)31-18(9-30-21)24(36)35-10-15-16(11-35)17(15)12-37-20-4-2-3-19(32-20)25(27,28)29/h2-9,15-17H,10-12H2,1H3/t15-,16+,17-. The van der Waals surface area contributed by atoms with Crippen LogP contribution < -0.4 is 4.74 Å². The maximum absolute atomic E-state index is 13.3. The van der Waals surface area contributed by atoms with E-state index < -0.39 is 11.9 Å². The highest BCUT2D eigenvalue weighted by Gasteiger charge is 2.57. The number of carbonyl (C=O) groups excluding carboxylic acids is 1. The molecule has 0 radical (unpaired) electrons. The molecule has 0 N–H and O–H groups in total. The Kier molecular flexibility index (Phi) is 5.35. The van der Waals surface area contributed by atoms with E-state index >= 15 is 0 Å². The number of ether oxygens (including phenoxy) is 1. The number of pyridine rings is 1. The van der Waals surface area contributed by atoms with Crippen LogP contribution >= 0.6 is 0 Å². The number of carbonyl (C=O) groups is 1. The largest absolute Gasteiger partial charge is 0.477 e. The van der Waals surface area contributed by atoms with Gasteiger partial charge in [-0.3, -0.25) is 4.79 Å². The van der Waals surface area contributed by atoms with Crippen LogP contribution in [0, 0.1) is 23.6 Å². The Morgan fingerprint density at radius 2 is 1.78 bits per heavy atom. The Balaban J connectivity index is 1.10. The highest BCUT2D eigenvalue weighted by molar-refractivity contribution is 5.93. The van der Waals surface area contributed by atoms with Gasteiger partial charge in [0.25, 0.3) is 5.91 Å². The van der Waals surface area contributed by atoms with Gasteiger partial charge in [0.15, 0.2) is 11.3 Å². The predicted octanol–water partition coefficient (Wildman–Crippen LogP) is 3.98. The smallest absolute Gasteiger partial charge is 0.433 e. The van der Waals surface area contributed by atoms with Crippen molar-refractivity contribution in [2.75, 3.05) is 19.7 Å².